The first-order chi connectivity index (χ1) is 7.83. The Kier molecular flexibility index (Phi) is 3.56. The van der Waals surface area contributed by atoms with Crippen molar-refractivity contribution in [2.75, 3.05) is 23.4 Å². The van der Waals surface area contributed by atoms with Gasteiger partial charge in [-0.3, -0.25) is 0 Å². The Morgan fingerprint density at radius 3 is 2.50 bits per heavy atom. The summed E-state index contributed by atoms with van der Waals surface area (Å²) < 4.78 is 0. The molecule has 88 valence electrons. The van der Waals surface area contributed by atoms with Gasteiger partial charge >= 0.3 is 0 Å². The van der Waals surface area contributed by atoms with Crippen LogP contribution in [0.4, 0.5) is 11.6 Å². The van der Waals surface area contributed by atoms with Crippen LogP contribution in [0.2, 0.25) is 0 Å². The molecular weight excluding hydrogens is 202 g/mol. The lowest BCUT2D eigenvalue weighted by Crippen LogP contribution is -2.26. The Morgan fingerprint density at radius 2 is 1.88 bits per heavy atom. The molecule has 0 radical (unpaired) electrons. The molecule has 0 spiro atoms. The molecule has 1 aliphatic rings. The van der Waals surface area contributed by atoms with Gasteiger partial charge in [0.15, 0.2) is 0 Å². The number of nitrogens with zero attached hydrogens (tertiary/aromatic N) is 3. The van der Waals surface area contributed by atoms with Gasteiger partial charge in [-0.05, 0) is 19.8 Å². The molecule has 0 aliphatic carbocycles. The average molecular weight is 221 g/mol. The van der Waals surface area contributed by atoms with Crippen molar-refractivity contribution in [3.05, 3.63) is 11.9 Å². The lowest BCUT2D eigenvalue weighted by Gasteiger charge is -2.23. The molecule has 1 saturated heterocycles. The second kappa shape index (κ2) is 5.12. The summed E-state index contributed by atoms with van der Waals surface area (Å²) in [6, 6.07) is 0. The van der Waals surface area contributed by atoms with Crippen LogP contribution in [0.5, 0.6) is 0 Å². The maximum absolute atomic E-state index is 5.42. The third-order valence-corrected chi connectivity index (χ3v) is 3.10. The van der Waals surface area contributed by atoms with Crippen molar-refractivity contribution in [3.63, 3.8) is 0 Å². The number of hydrogen-bond donors (Lipinski definition) is 2. The molecule has 0 atom stereocenters. The number of rotatable bonds is 2. The molecule has 5 heteroatoms. The molecule has 5 nitrogen and oxygen atoms in total. The van der Waals surface area contributed by atoms with Gasteiger partial charge < -0.3 is 10.3 Å². The maximum Gasteiger partial charge on any atom is 0.148 e. The number of nitrogens with one attached hydrogen (secondary N) is 1. The van der Waals surface area contributed by atoms with Crippen molar-refractivity contribution in [1.29, 1.82) is 0 Å². The topological polar surface area (TPSA) is 67.1 Å². The van der Waals surface area contributed by atoms with E-state index in [1.165, 1.54) is 25.7 Å². The Morgan fingerprint density at radius 1 is 1.19 bits per heavy atom. The van der Waals surface area contributed by atoms with Crippen molar-refractivity contribution in [2.45, 2.75) is 32.6 Å². The highest BCUT2D eigenvalue weighted by Gasteiger charge is 2.15. The first-order valence-corrected chi connectivity index (χ1v) is 5.86. The minimum atomic E-state index is 0.717. The van der Waals surface area contributed by atoms with E-state index in [0.717, 1.165) is 24.5 Å². The summed E-state index contributed by atoms with van der Waals surface area (Å²) in [5, 5.41) is 0. The second-order valence-corrected chi connectivity index (χ2v) is 4.22. The van der Waals surface area contributed by atoms with Gasteiger partial charge in [0.05, 0.1) is 0 Å². The SMILES string of the molecule is Cc1c(NN)ncnc1N1CCCCCC1. The largest absolute Gasteiger partial charge is 0.356 e. The predicted octanol–water partition coefficient (Wildman–Crippen LogP) is 1.45. The Labute approximate surface area is 96.0 Å². The molecule has 3 N–H and O–H groups in total. The smallest absolute Gasteiger partial charge is 0.148 e. The van der Waals surface area contributed by atoms with E-state index >= 15 is 0 Å². The molecule has 0 amide bonds. The second-order valence-electron chi connectivity index (χ2n) is 4.22. The standard InChI is InChI=1S/C11H19N5/c1-9-10(15-12)13-8-14-11(9)16-6-4-2-3-5-7-16/h8H,2-7,12H2,1H3,(H,13,14,15). The first kappa shape index (κ1) is 11.1. The van der Waals surface area contributed by atoms with E-state index in [1.807, 2.05) is 6.92 Å². The van der Waals surface area contributed by atoms with Gasteiger partial charge in [0, 0.05) is 18.7 Å². The summed E-state index contributed by atoms with van der Waals surface area (Å²) >= 11 is 0. The Bertz CT molecular complexity index is 344. The molecule has 0 aromatic carbocycles. The zero-order valence-electron chi connectivity index (χ0n) is 9.74. The van der Waals surface area contributed by atoms with E-state index in [2.05, 4.69) is 20.3 Å². The monoisotopic (exact) mass is 221 g/mol. The number of anilines is 2. The van der Waals surface area contributed by atoms with Crippen molar-refractivity contribution in [2.24, 2.45) is 5.84 Å². The molecule has 16 heavy (non-hydrogen) atoms. The summed E-state index contributed by atoms with van der Waals surface area (Å²) in [5.74, 6) is 7.16. The minimum absolute atomic E-state index is 0.717. The third-order valence-electron chi connectivity index (χ3n) is 3.10. The molecule has 0 saturated carbocycles. The normalized spacial score (nSPS) is 17.0. The van der Waals surface area contributed by atoms with E-state index in [1.54, 1.807) is 6.33 Å². The highest BCUT2D eigenvalue weighted by atomic mass is 15.3. The zero-order valence-corrected chi connectivity index (χ0v) is 9.74. The van der Waals surface area contributed by atoms with Gasteiger partial charge in [-0.25, -0.2) is 15.8 Å². The van der Waals surface area contributed by atoms with Crippen LogP contribution in [0.15, 0.2) is 6.33 Å². The minimum Gasteiger partial charge on any atom is -0.356 e. The molecule has 1 aromatic rings. The Balaban J connectivity index is 2.24. The number of hydrogen-bond acceptors (Lipinski definition) is 5. The molecule has 0 bridgehead atoms. The summed E-state index contributed by atoms with van der Waals surface area (Å²) in [6.07, 6.45) is 6.71. The van der Waals surface area contributed by atoms with Crippen LogP contribution in [-0.4, -0.2) is 23.1 Å². The molecule has 2 rings (SSSR count). The summed E-state index contributed by atoms with van der Waals surface area (Å²) in [7, 11) is 0. The number of hydrazine groups is 1. The van der Waals surface area contributed by atoms with Crippen molar-refractivity contribution in [1.82, 2.24) is 9.97 Å². The van der Waals surface area contributed by atoms with E-state index in [-0.39, 0.29) is 0 Å². The average Bonchev–Trinajstić information content (AvgIpc) is 2.58. The van der Waals surface area contributed by atoms with E-state index in [0.29, 0.717) is 5.82 Å². The lowest BCUT2D eigenvalue weighted by molar-refractivity contribution is 0.726. The van der Waals surface area contributed by atoms with Crippen LogP contribution in [0.1, 0.15) is 31.2 Å². The molecule has 1 aromatic heterocycles. The summed E-state index contributed by atoms with van der Waals surface area (Å²) in [6.45, 7) is 4.18. The van der Waals surface area contributed by atoms with E-state index < -0.39 is 0 Å². The molecule has 0 unspecified atom stereocenters. The van der Waals surface area contributed by atoms with Gasteiger partial charge in [0.2, 0.25) is 0 Å². The van der Waals surface area contributed by atoms with E-state index in [4.69, 9.17) is 5.84 Å². The van der Waals surface area contributed by atoms with Crippen LogP contribution < -0.4 is 16.2 Å². The lowest BCUT2D eigenvalue weighted by atomic mass is 10.2. The van der Waals surface area contributed by atoms with Gasteiger partial charge in [0.25, 0.3) is 0 Å². The van der Waals surface area contributed by atoms with Crippen molar-refractivity contribution < 1.29 is 0 Å². The molecule has 2 heterocycles. The zero-order chi connectivity index (χ0) is 11.4. The fourth-order valence-corrected chi connectivity index (χ4v) is 2.19. The highest BCUT2D eigenvalue weighted by Crippen LogP contribution is 2.23. The quantitative estimate of drug-likeness (QED) is 0.584. The number of nitrogen functional groups attached to an aromatic ring is 1. The maximum atomic E-state index is 5.42. The first-order valence-electron chi connectivity index (χ1n) is 5.86. The van der Waals surface area contributed by atoms with Crippen LogP contribution in [-0.2, 0) is 0 Å². The summed E-state index contributed by atoms with van der Waals surface area (Å²) in [4.78, 5) is 10.8. The molecular formula is C11H19N5. The predicted molar refractivity (Wildman–Crippen MR) is 65.3 cm³/mol. The highest BCUT2D eigenvalue weighted by molar-refractivity contribution is 5.57. The van der Waals surface area contributed by atoms with Crippen LogP contribution in [0.3, 0.4) is 0 Å². The molecule has 1 fully saturated rings. The van der Waals surface area contributed by atoms with E-state index in [9.17, 15) is 0 Å². The fraction of sp³-hybridized carbons (Fsp3) is 0.636. The molecule has 1 aliphatic heterocycles. The van der Waals surface area contributed by atoms with Crippen LogP contribution >= 0.6 is 0 Å². The number of aromatic nitrogens is 2. The van der Waals surface area contributed by atoms with Crippen LogP contribution in [0, 0.1) is 6.92 Å². The van der Waals surface area contributed by atoms with Crippen molar-refractivity contribution >= 4 is 11.6 Å². The third kappa shape index (κ3) is 2.24. The van der Waals surface area contributed by atoms with Crippen molar-refractivity contribution in [3.8, 4) is 0 Å². The fourth-order valence-electron chi connectivity index (χ4n) is 2.19. The van der Waals surface area contributed by atoms with Crippen LogP contribution in [0.25, 0.3) is 0 Å². The van der Waals surface area contributed by atoms with Gasteiger partial charge in [-0.15, -0.1) is 0 Å². The Hall–Kier alpha value is -1.36. The summed E-state index contributed by atoms with van der Waals surface area (Å²) in [5.41, 5.74) is 3.65. The number of nitrogens with two attached hydrogens (primary N) is 1. The van der Waals surface area contributed by atoms with Gasteiger partial charge in [-0.1, -0.05) is 12.8 Å². The van der Waals surface area contributed by atoms with Gasteiger partial charge in [0.1, 0.15) is 18.0 Å². The van der Waals surface area contributed by atoms with Gasteiger partial charge in [-0.2, -0.15) is 0 Å².